The summed E-state index contributed by atoms with van der Waals surface area (Å²) >= 11 is 0. The summed E-state index contributed by atoms with van der Waals surface area (Å²) in [4.78, 5) is 10.9. The van der Waals surface area contributed by atoms with Gasteiger partial charge in [0, 0.05) is 5.56 Å². The van der Waals surface area contributed by atoms with Crippen molar-refractivity contribution in [3.63, 3.8) is 0 Å². The molecule has 0 saturated carbocycles. The molecule has 0 aliphatic carbocycles. The van der Waals surface area contributed by atoms with Gasteiger partial charge in [-0.1, -0.05) is 6.92 Å². The Kier molecular flexibility index (Phi) is 2.53. The molecular weight excluding hydrogens is 156 g/mol. The minimum absolute atomic E-state index is 0.360. The van der Waals surface area contributed by atoms with Crippen molar-refractivity contribution in [1.29, 1.82) is 0 Å². The first-order valence-corrected chi connectivity index (χ1v) is 3.86. The van der Waals surface area contributed by atoms with Crippen molar-refractivity contribution >= 4 is 0 Å². The van der Waals surface area contributed by atoms with Gasteiger partial charge in [-0.15, -0.1) is 0 Å². The summed E-state index contributed by atoms with van der Waals surface area (Å²) in [6.45, 7) is 3.76. The molecule has 0 radical (unpaired) electrons. The van der Waals surface area contributed by atoms with Gasteiger partial charge in [0.15, 0.2) is 0 Å². The van der Waals surface area contributed by atoms with Crippen molar-refractivity contribution in [1.82, 2.24) is 0 Å². The summed E-state index contributed by atoms with van der Waals surface area (Å²) in [6, 6.07) is 1.37. The molecule has 0 aromatic carbocycles. The Morgan fingerprint density at radius 3 is 2.75 bits per heavy atom. The molecule has 1 heterocycles. The lowest BCUT2D eigenvalue weighted by molar-refractivity contribution is 0.389. The molecule has 1 aromatic heterocycles. The van der Waals surface area contributed by atoms with E-state index in [2.05, 4.69) is 0 Å². The van der Waals surface area contributed by atoms with E-state index in [0.717, 1.165) is 12.0 Å². The second-order valence-corrected chi connectivity index (χ2v) is 2.52. The molecule has 3 heteroatoms. The van der Waals surface area contributed by atoms with E-state index >= 15 is 0 Å². The minimum atomic E-state index is -0.360. The van der Waals surface area contributed by atoms with Gasteiger partial charge in [0.1, 0.15) is 11.5 Å². The number of rotatable bonds is 2. The first-order valence-electron chi connectivity index (χ1n) is 3.86. The first kappa shape index (κ1) is 8.84. The second kappa shape index (κ2) is 3.43. The lowest BCUT2D eigenvalue weighted by Crippen LogP contribution is -2.03. The third-order valence-corrected chi connectivity index (χ3v) is 1.80. The fraction of sp³-hybridized carbons (Fsp3) is 0.444. The molecule has 0 fully saturated rings. The molecule has 1 rings (SSSR count). The molecule has 0 aliphatic rings. The van der Waals surface area contributed by atoms with Gasteiger partial charge in [-0.3, -0.25) is 0 Å². The Labute approximate surface area is 71.0 Å². The monoisotopic (exact) mass is 168 g/mol. The van der Waals surface area contributed by atoms with Crippen molar-refractivity contribution < 1.29 is 9.15 Å². The molecule has 3 nitrogen and oxygen atoms in total. The summed E-state index contributed by atoms with van der Waals surface area (Å²) in [5.41, 5.74) is 0.596. The summed E-state index contributed by atoms with van der Waals surface area (Å²) in [5, 5.41) is 0. The molecule has 0 aliphatic heterocycles. The largest absolute Gasteiger partial charge is 0.496 e. The van der Waals surface area contributed by atoms with E-state index in [1.54, 1.807) is 14.0 Å². The number of methoxy groups -OCH3 is 1. The topological polar surface area (TPSA) is 39.4 Å². The first-order chi connectivity index (χ1) is 5.69. The molecule has 12 heavy (non-hydrogen) atoms. The van der Waals surface area contributed by atoms with Crippen LogP contribution in [0.4, 0.5) is 0 Å². The summed E-state index contributed by atoms with van der Waals surface area (Å²) < 4.78 is 9.94. The van der Waals surface area contributed by atoms with Crippen LogP contribution in [-0.4, -0.2) is 7.11 Å². The van der Waals surface area contributed by atoms with Gasteiger partial charge in [-0.25, -0.2) is 4.79 Å². The average Bonchev–Trinajstić information content (AvgIpc) is 2.03. The highest BCUT2D eigenvalue weighted by Gasteiger charge is 2.07. The number of hydrogen-bond donors (Lipinski definition) is 0. The molecule has 0 atom stereocenters. The van der Waals surface area contributed by atoms with Crippen LogP contribution >= 0.6 is 0 Å². The van der Waals surface area contributed by atoms with Crippen LogP contribution in [0.15, 0.2) is 15.3 Å². The fourth-order valence-electron chi connectivity index (χ4n) is 1.21. The second-order valence-electron chi connectivity index (χ2n) is 2.52. The zero-order valence-corrected chi connectivity index (χ0v) is 7.51. The van der Waals surface area contributed by atoms with E-state index < -0.39 is 0 Å². The fourth-order valence-corrected chi connectivity index (χ4v) is 1.21. The Morgan fingerprint density at radius 2 is 2.25 bits per heavy atom. The van der Waals surface area contributed by atoms with Crippen LogP contribution in [-0.2, 0) is 6.42 Å². The summed E-state index contributed by atoms with van der Waals surface area (Å²) in [7, 11) is 1.55. The van der Waals surface area contributed by atoms with Crippen LogP contribution in [0.5, 0.6) is 5.75 Å². The summed E-state index contributed by atoms with van der Waals surface area (Å²) in [5.74, 6) is 1.26. The third-order valence-electron chi connectivity index (χ3n) is 1.80. The van der Waals surface area contributed by atoms with Crippen LogP contribution in [0.1, 0.15) is 18.2 Å². The van der Waals surface area contributed by atoms with E-state index in [1.165, 1.54) is 6.07 Å². The van der Waals surface area contributed by atoms with Crippen LogP contribution in [0.3, 0.4) is 0 Å². The van der Waals surface area contributed by atoms with Crippen LogP contribution in [0, 0.1) is 6.92 Å². The van der Waals surface area contributed by atoms with E-state index in [9.17, 15) is 4.79 Å². The van der Waals surface area contributed by atoms with E-state index in [-0.39, 0.29) is 5.63 Å². The van der Waals surface area contributed by atoms with Crippen molar-refractivity contribution in [2.45, 2.75) is 20.3 Å². The molecular formula is C9H12O3. The Morgan fingerprint density at radius 1 is 1.58 bits per heavy atom. The molecule has 1 aromatic rings. The van der Waals surface area contributed by atoms with E-state index in [1.807, 2.05) is 6.92 Å². The molecule has 0 spiro atoms. The predicted octanol–water partition coefficient (Wildman–Crippen LogP) is 1.52. The van der Waals surface area contributed by atoms with Crippen LogP contribution in [0.2, 0.25) is 0 Å². The number of hydrogen-bond acceptors (Lipinski definition) is 3. The predicted molar refractivity (Wildman–Crippen MR) is 45.6 cm³/mol. The maximum Gasteiger partial charge on any atom is 0.339 e. The molecule has 0 saturated heterocycles. The van der Waals surface area contributed by atoms with Crippen molar-refractivity contribution in [3.05, 3.63) is 27.8 Å². The lowest BCUT2D eigenvalue weighted by Gasteiger charge is -2.06. The van der Waals surface area contributed by atoms with Crippen LogP contribution < -0.4 is 10.4 Å². The Bertz CT molecular complexity index is 325. The average molecular weight is 168 g/mol. The molecule has 0 unspecified atom stereocenters. The normalized spacial score (nSPS) is 9.92. The Hall–Kier alpha value is -1.25. The third kappa shape index (κ3) is 1.49. The highest BCUT2D eigenvalue weighted by atomic mass is 16.5. The van der Waals surface area contributed by atoms with Crippen molar-refractivity contribution in [2.24, 2.45) is 0 Å². The zero-order valence-electron chi connectivity index (χ0n) is 7.51. The van der Waals surface area contributed by atoms with Gasteiger partial charge < -0.3 is 9.15 Å². The molecule has 0 bridgehead atoms. The summed E-state index contributed by atoms with van der Waals surface area (Å²) in [6.07, 6.45) is 0.804. The van der Waals surface area contributed by atoms with Gasteiger partial charge >= 0.3 is 5.63 Å². The van der Waals surface area contributed by atoms with E-state index in [0.29, 0.717) is 11.5 Å². The highest BCUT2D eigenvalue weighted by molar-refractivity contribution is 5.33. The minimum Gasteiger partial charge on any atom is -0.496 e. The maximum atomic E-state index is 10.9. The number of aryl methyl sites for hydroxylation is 1. The van der Waals surface area contributed by atoms with E-state index in [4.69, 9.17) is 9.15 Å². The standard InChI is InChI=1S/C9H12O3/c1-4-7-6(2)12-9(10)5-8(7)11-3/h5H,4H2,1-3H3. The lowest BCUT2D eigenvalue weighted by atomic mass is 10.1. The molecule has 0 amide bonds. The quantitative estimate of drug-likeness (QED) is 0.672. The Balaban J connectivity index is 3.33. The zero-order chi connectivity index (χ0) is 9.14. The smallest absolute Gasteiger partial charge is 0.339 e. The van der Waals surface area contributed by atoms with Crippen molar-refractivity contribution in [3.8, 4) is 5.75 Å². The maximum absolute atomic E-state index is 10.9. The van der Waals surface area contributed by atoms with Gasteiger partial charge in [0.25, 0.3) is 0 Å². The van der Waals surface area contributed by atoms with Crippen molar-refractivity contribution in [2.75, 3.05) is 7.11 Å². The van der Waals surface area contributed by atoms with Gasteiger partial charge in [-0.05, 0) is 13.3 Å². The highest BCUT2D eigenvalue weighted by Crippen LogP contribution is 2.19. The van der Waals surface area contributed by atoms with Gasteiger partial charge in [0.2, 0.25) is 0 Å². The van der Waals surface area contributed by atoms with Gasteiger partial charge in [-0.2, -0.15) is 0 Å². The molecule has 0 N–H and O–H groups in total. The molecule has 66 valence electrons. The van der Waals surface area contributed by atoms with Gasteiger partial charge in [0.05, 0.1) is 13.2 Å². The number of ether oxygens (including phenoxy) is 1. The SMILES string of the molecule is CCc1c(OC)cc(=O)oc1C. The van der Waals surface area contributed by atoms with Crippen LogP contribution in [0.25, 0.3) is 0 Å².